The molecule has 0 aliphatic rings. The van der Waals surface area contributed by atoms with Crippen LogP contribution < -0.4 is 5.32 Å². The highest BCUT2D eigenvalue weighted by atomic mass is 14.9. The molecule has 1 aromatic carbocycles. The highest BCUT2D eigenvalue weighted by Gasteiger charge is 2.07. The van der Waals surface area contributed by atoms with E-state index >= 15 is 0 Å². The van der Waals surface area contributed by atoms with E-state index in [1.165, 1.54) is 12.0 Å². The van der Waals surface area contributed by atoms with Gasteiger partial charge in [0.05, 0.1) is 0 Å². The SMILES string of the molecule is CC#CCCC(Cc1ccccc1)NCCC. The van der Waals surface area contributed by atoms with Crippen LogP contribution in [0.2, 0.25) is 0 Å². The van der Waals surface area contributed by atoms with Crippen LogP contribution in [0.3, 0.4) is 0 Å². The highest BCUT2D eigenvalue weighted by Crippen LogP contribution is 2.07. The molecule has 92 valence electrons. The van der Waals surface area contributed by atoms with E-state index in [1.54, 1.807) is 0 Å². The van der Waals surface area contributed by atoms with E-state index in [9.17, 15) is 0 Å². The fraction of sp³-hybridized carbons (Fsp3) is 0.500. The second kappa shape index (κ2) is 8.84. The van der Waals surface area contributed by atoms with Gasteiger partial charge in [-0.05, 0) is 38.3 Å². The first-order chi connectivity index (χ1) is 8.36. The lowest BCUT2D eigenvalue weighted by Gasteiger charge is -2.17. The van der Waals surface area contributed by atoms with E-state index in [-0.39, 0.29) is 0 Å². The Morgan fingerprint density at radius 2 is 2.00 bits per heavy atom. The van der Waals surface area contributed by atoms with Crippen molar-refractivity contribution in [1.82, 2.24) is 5.32 Å². The second-order valence-corrected chi connectivity index (χ2v) is 4.31. The zero-order valence-corrected chi connectivity index (χ0v) is 11.0. The first kappa shape index (κ1) is 13.8. The van der Waals surface area contributed by atoms with E-state index in [1.807, 2.05) is 6.92 Å². The summed E-state index contributed by atoms with van der Waals surface area (Å²) in [5, 5.41) is 3.61. The number of nitrogens with one attached hydrogen (secondary N) is 1. The smallest absolute Gasteiger partial charge is 0.0116 e. The summed E-state index contributed by atoms with van der Waals surface area (Å²) in [5.41, 5.74) is 1.41. The summed E-state index contributed by atoms with van der Waals surface area (Å²) in [4.78, 5) is 0. The van der Waals surface area contributed by atoms with Crippen LogP contribution in [0.5, 0.6) is 0 Å². The van der Waals surface area contributed by atoms with E-state index in [2.05, 4.69) is 54.4 Å². The molecule has 0 heterocycles. The molecular formula is C16H23N. The summed E-state index contributed by atoms with van der Waals surface area (Å²) in [6.07, 6.45) is 4.41. The highest BCUT2D eigenvalue weighted by molar-refractivity contribution is 5.16. The molecule has 1 heteroatoms. The van der Waals surface area contributed by atoms with Crippen molar-refractivity contribution in [2.24, 2.45) is 0 Å². The minimum Gasteiger partial charge on any atom is -0.314 e. The molecule has 0 fully saturated rings. The van der Waals surface area contributed by atoms with Crippen LogP contribution >= 0.6 is 0 Å². The number of hydrogen-bond acceptors (Lipinski definition) is 1. The van der Waals surface area contributed by atoms with Crippen LogP contribution in [-0.2, 0) is 6.42 Å². The Hall–Kier alpha value is -1.26. The molecule has 0 aliphatic heterocycles. The number of benzene rings is 1. The molecule has 17 heavy (non-hydrogen) atoms. The molecule has 1 nitrogen and oxygen atoms in total. The van der Waals surface area contributed by atoms with Gasteiger partial charge in [-0.1, -0.05) is 37.3 Å². The van der Waals surface area contributed by atoms with Gasteiger partial charge in [0.25, 0.3) is 0 Å². The maximum atomic E-state index is 3.61. The maximum Gasteiger partial charge on any atom is 0.0116 e. The summed E-state index contributed by atoms with van der Waals surface area (Å²) in [7, 11) is 0. The fourth-order valence-electron chi connectivity index (χ4n) is 1.89. The van der Waals surface area contributed by atoms with Crippen LogP contribution in [0.25, 0.3) is 0 Å². The standard InChI is InChI=1S/C16H23N/c1-3-5-7-12-16(17-13-4-2)14-15-10-8-6-9-11-15/h6,8-11,16-17H,4,7,12-14H2,1-2H3. The van der Waals surface area contributed by atoms with Crippen molar-refractivity contribution >= 4 is 0 Å². The van der Waals surface area contributed by atoms with Crippen molar-refractivity contribution in [2.75, 3.05) is 6.54 Å². The summed E-state index contributed by atoms with van der Waals surface area (Å²) in [6.45, 7) is 5.21. The Bertz CT molecular complexity index is 345. The van der Waals surface area contributed by atoms with Gasteiger partial charge in [-0.3, -0.25) is 0 Å². The summed E-state index contributed by atoms with van der Waals surface area (Å²) < 4.78 is 0. The zero-order valence-electron chi connectivity index (χ0n) is 11.0. The van der Waals surface area contributed by atoms with Crippen molar-refractivity contribution < 1.29 is 0 Å². The topological polar surface area (TPSA) is 12.0 Å². The molecule has 1 rings (SSSR count). The van der Waals surface area contributed by atoms with Crippen LogP contribution in [-0.4, -0.2) is 12.6 Å². The van der Waals surface area contributed by atoms with Crippen LogP contribution in [0.15, 0.2) is 30.3 Å². The molecule has 0 spiro atoms. The molecule has 0 aliphatic carbocycles. The van der Waals surface area contributed by atoms with Crippen molar-refractivity contribution in [1.29, 1.82) is 0 Å². The number of hydrogen-bond donors (Lipinski definition) is 1. The van der Waals surface area contributed by atoms with Gasteiger partial charge in [-0.15, -0.1) is 11.8 Å². The molecule has 0 amide bonds. The molecule has 0 radical (unpaired) electrons. The predicted octanol–water partition coefficient (Wildman–Crippen LogP) is 3.40. The first-order valence-electron chi connectivity index (χ1n) is 6.53. The lowest BCUT2D eigenvalue weighted by Crippen LogP contribution is -2.31. The second-order valence-electron chi connectivity index (χ2n) is 4.31. The quantitative estimate of drug-likeness (QED) is 0.707. The zero-order chi connectivity index (χ0) is 12.3. The van der Waals surface area contributed by atoms with Gasteiger partial charge in [-0.2, -0.15) is 0 Å². The van der Waals surface area contributed by atoms with Crippen LogP contribution in [0.1, 0.15) is 38.7 Å². The third kappa shape index (κ3) is 6.14. The molecule has 1 unspecified atom stereocenters. The fourth-order valence-corrected chi connectivity index (χ4v) is 1.89. The third-order valence-electron chi connectivity index (χ3n) is 2.80. The average molecular weight is 229 g/mol. The summed E-state index contributed by atoms with van der Waals surface area (Å²) in [5.74, 6) is 6.12. The normalized spacial score (nSPS) is 11.6. The Kier molecular flexibility index (Phi) is 7.18. The van der Waals surface area contributed by atoms with Crippen molar-refractivity contribution in [3.05, 3.63) is 35.9 Å². The largest absolute Gasteiger partial charge is 0.314 e. The molecule has 1 aromatic rings. The lowest BCUT2D eigenvalue weighted by atomic mass is 10.0. The molecule has 0 saturated carbocycles. The Morgan fingerprint density at radius 3 is 2.65 bits per heavy atom. The molecule has 0 aromatic heterocycles. The molecule has 1 N–H and O–H groups in total. The van der Waals surface area contributed by atoms with Gasteiger partial charge in [0.1, 0.15) is 0 Å². The Labute approximate surface area is 106 Å². The predicted molar refractivity (Wildman–Crippen MR) is 74.9 cm³/mol. The molecular weight excluding hydrogens is 206 g/mol. The monoisotopic (exact) mass is 229 g/mol. The summed E-state index contributed by atoms with van der Waals surface area (Å²) in [6, 6.07) is 11.2. The van der Waals surface area contributed by atoms with E-state index in [4.69, 9.17) is 0 Å². The van der Waals surface area contributed by atoms with Gasteiger partial charge in [0.2, 0.25) is 0 Å². The van der Waals surface area contributed by atoms with E-state index in [0.717, 1.165) is 25.8 Å². The van der Waals surface area contributed by atoms with Gasteiger partial charge in [0.15, 0.2) is 0 Å². The van der Waals surface area contributed by atoms with Gasteiger partial charge < -0.3 is 5.32 Å². The van der Waals surface area contributed by atoms with Crippen molar-refractivity contribution in [3.63, 3.8) is 0 Å². The van der Waals surface area contributed by atoms with Gasteiger partial charge >= 0.3 is 0 Å². The Balaban J connectivity index is 2.46. The summed E-state index contributed by atoms with van der Waals surface area (Å²) >= 11 is 0. The first-order valence-corrected chi connectivity index (χ1v) is 6.53. The maximum absolute atomic E-state index is 3.61. The molecule has 1 atom stereocenters. The Morgan fingerprint density at radius 1 is 1.24 bits per heavy atom. The van der Waals surface area contributed by atoms with Crippen molar-refractivity contribution in [2.45, 2.75) is 45.6 Å². The molecule has 0 saturated heterocycles. The van der Waals surface area contributed by atoms with Crippen LogP contribution in [0.4, 0.5) is 0 Å². The van der Waals surface area contributed by atoms with Gasteiger partial charge in [-0.25, -0.2) is 0 Å². The number of rotatable bonds is 7. The van der Waals surface area contributed by atoms with E-state index in [0.29, 0.717) is 6.04 Å². The third-order valence-corrected chi connectivity index (χ3v) is 2.80. The van der Waals surface area contributed by atoms with Crippen molar-refractivity contribution in [3.8, 4) is 11.8 Å². The molecule has 0 bridgehead atoms. The van der Waals surface area contributed by atoms with E-state index < -0.39 is 0 Å². The average Bonchev–Trinajstić information content (AvgIpc) is 2.37. The van der Waals surface area contributed by atoms with Gasteiger partial charge in [0, 0.05) is 12.5 Å². The minimum absolute atomic E-state index is 0.554. The van der Waals surface area contributed by atoms with Crippen LogP contribution in [0, 0.1) is 11.8 Å². The lowest BCUT2D eigenvalue weighted by molar-refractivity contribution is 0.483. The minimum atomic E-state index is 0.554.